The molecule has 0 aromatic carbocycles. The van der Waals surface area contributed by atoms with E-state index in [1.165, 1.54) is 6.33 Å². The van der Waals surface area contributed by atoms with Gasteiger partial charge in [0.15, 0.2) is 0 Å². The first-order chi connectivity index (χ1) is 6.83. The van der Waals surface area contributed by atoms with E-state index in [0.29, 0.717) is 0 Å². The maximum absolute atomic E-state index is 4.27. The van der Waals surface area contributed by atoms with E-state index in [2.05, 4.69) is 37.8 Å². The number of aryl methyl sites for hydroxylation is 1. The molecule has 2 aromatic rings. The smallest absolute Gasteiger partial charge is 0.144 e. The van der Waals surface area contributed by atoms with Crippen LogP contribution in [0, 0.1) is 0 Å². The summed E-state index contributed by atoms with van der Waals surface area (Å²) in [5.41, 5.74) is 0.916. The van der Waals surface area contributed by atoms with Gasteiger partial charge in [-0.15, -0.1) is 0 Å². The third kappa shape index (κ3) is 1.55. The Balaban J connectivity index is 2.54. The van der Waals surface area contributed by atoms with E-state index in [1.807, 2.05) is 10.8 Å². The van der Waals surface area contributed by atoms with Gasteiger partial charge in [-0.2, -0.15) is 0 Å². The number of halogens is 1. The van der Waals surface area contributed by atoms with Crippen LogP contribution >= 0.6 is 15.9 Å². The fourth-order valence-corrected chi connectivity index (χ4v) is 1.64. The summed E-state index contributed by atoms with van der Waals surface area (Å²) < 4.78 is 2.82. The molecule has 0 amide bonds. The van der Waals surface area contributed by atoms with Crippen molar-refractivity contribution in [3.8, 4) is 11.4 Å². The van der Waals surface area contributed by atoms with Crippen LogP contribution in [0.15, 0.2) is 29.5 Å². The van der Waals surface area contributed by atoms with Crippen LogP contribution in [-0.4, -0.2) is 19.5 Å². The SMILES string of the molecule is CCn1ccnc1-c1cncnc1Br. The second kappa shape index (κ2) is 3.88. The molecule has 4 nitrogen and oxygen atoms in total. The number of imidazole rings is 1. The van der Waals surface area contributed by atoms with Gasteiger partial charge in [0.25, 0.3) is 0 Å². The highest BCUT2D eigenvalue weighted by atomic mass is 79.9. The standard InChI is InChI=1S/C9H9BrN4/c1-2-14-4-3-12-9(14)7-5-11-6-13-8(7)10/h3-6H,2H2,1H3. The number of hydrogen-bond acceptors (Lipinski definition) is 3. The number of hydrogen-bond donors (Lipinski definition) is 0. The molecule has 0 spiro atoms. The highest BCUT2D eigenvalue weighted by Crippen LogP contribution is 2.23. The minimum absolute atomic E-state index is 0.772. The van der Waals surface area contributed by atoms with E-state index < -0.39 is 0 Å². The second-order valence-electron chi connectivity index (χ2n) is 2.76. The maximum Gasteiger partial charge on any atom is 0.144 e. The van der Waals surface area contributed by atoms with Crippen LogP contribution in [0.25, 0.3) is 11.4 Å². The van der Waals surface area contributed by atoms with Crippen molar-refractivity contribution in [2.75, 3.05) is 0 Å². The molecule has 0 aliphatic heterocycles. The van der Waals surface area contributed by atoms with Crippen LogP contribution in [0.3, 0.4) is 0 Å². The van der Waals surface area contributed by atoms with E-state index in [1.54, 1.807) is 12.4 Å². The van der Waals surface area contributed by atoms with E-state index in [0.717, 1.165) is 22.5 Å². The quantitative estimate of drug-likeness (QED) is 0.770. The Morgan fingerprint density at radius 2 is 2.29 bits per heavy atom. The van der Waals surface area contributed by atoms with Crippen molar-refractivity contribution in [1.29, 1.82) is 0 Å². The Hall–Kier alpha value is -1.23. The molecule has 0 atom stereocenters. The molecular formula is C9H9BrN4. The van der Waals surface area contributed by atoms with Crippen LogP contribution in [0.5, 0.6) is 0 Å². The van der Waals surface area contributed by atoms with Gasteiger partial charge in [-0.3, -0.25) is 0 Å². The summed E-state index contributed by atoms with van der Waals surface area (Å²) in [4.78, 5) is 12.3. The van der Waals surface area contributed by atoms with Crippen LogP contribution in [0.2, 0.25) is 0 Å². The van der Waals surface area contributed by atoms with Gasteiger partial charge in [-0.1, -0.05) is 0 Å². The van der Waals surface area contributed by atoms with Gasteiger partial charge in [-0.25, -0.2) is 15.0 Å². The van der Waals surface area contributed by atoms with Crippen LogP contribution in [0.4, 0.5) is 0 Å². The second-order valence-corrected chi connectivity index (χ2v) is 3.52. The summed E-state index contributed by atoms with van der Waals surface area (Å²) in [7, 11) is 0. The summed E-state index contributed by atoms with van der Waals surface area (Å²) in [6.45, 7) is 2.96. The normalized spacial score (nSPS) is 10.4. The highest BCUT2D eigenvalue weighted by molar-refractivity contribution is 9.10. The van der Waals surface area contributed by atoms with Gasteiger partial charge in [-0.05, 0) is 22.9 Å². The Morgan fingerprint density at radius 3 is 3.00 bits per heavy atom. The number of rotatable bonds is 2. The molecule has 0 aliphatic rings. The predicted octanol–water partition coefficient (Wildman–Crippen LogP) is 2.12. The van der Waals surface area contributed by atoms with Crippen molar-refractivity contribution in [1.82, 2.24) is 19.5 Å². The molecule has 72 valence electrons. The predicted molar refractivity (Wildman–Crippen MR) is 56.6 cm³/mol. The van der Waals surface area contributed by atoms with Crippen LogP contribution < -0.4 is 0 Å². The number of aromatic nitrogens is 4. The van der Waals surface area contributed by atoms with Gasteiger partial charge in [0, 0.05) is 25.1 Å². The lowest BCUT2D eigenvalue weighted by Gasteiger charge is -2.04. The largest absolute Gasteiger partial charge is 0.331 e. The summed E-state index contributed by atoms with van der Waals surface area (Å²) in [5.74, 6) is 0.889. The average Bonchev–Trinajstić information content (AvgIpc) is 2.66. The fourth-order valence-electron chi connectivity index (χ4n) is 1.27. The average molecular weight is 253 g/mol. The van der Waals surface area contributed by atoms with E-state index in [9.17, 15) is 0 Å². The molecule has 0 saturated heterocycles. The lowest BCUT2D eigenvalue weighted by atomic mass is 10.3. The highest BCUT2D eigenvalue weighted by Gasteiger charge is 2.08. The Kier molecular flexibility index (Phi) is 2.58. The summed E-state index contributed by atoms with van der Waals surface area (Å²) in [6.07, 6.45) is 6.98. The fraction of sp³-hybridized carbons (Fsp3) is 0.222. The first kappa shape index (κ1) is 9.33. The third-order valence-electron chi connectivity index (χ3n) is 1.96. The van der Waals surface area contributed by atoms with E-state index in [4.69, 9.17) is 0 Å². The molecule has 2 aromatic heterocycles. The molecule has 0 saturated carbocycles. The Bertz CT molecular complexity index is 438. The van der Waals surface area contributed by atoms with E-state index in [-0.39, 0.29) is 0 Å². The molecule has 0 radical (unpaired) electrons. The summed E-state index contributed by atoms with van der Waals surface area (Å²) >= 11 is 3.38. The Morgan fingerprint density at radius 1 is 1.43 bits per heavy atom. The van der Waals surface area contributed by atoms with Gasteiger partial charge in [0.1, 0.15) is 16.8 Å². The van der Waals surface area contributed by atoms with Crippen molar-refractivity contribution in [2.24, 2.45) is 0 Å². The lowest BCUT2D eigenvalue weighted by molar-refractivity contribution is 0.769. The van der Waals surface area contributed by atoms with Crippen molar-refractivity contribution in [2.45, 2.75) is 13.5 Å². The zero-order valence-electron chi connectivity index (χ0n) is 7.68. The molecule has 14 heavy (non-hydrogen) atoms. The van der Waals surface area contributed by atoms with Crippen molar-refractivity contribution < 1.29 is 0 Å². The van der Waals surface area contributed by atoms with E-state index >= 15 is 0 Å². The third-order valence-corrected chi connectivity index (χ3v) is 2.59. The summed E-state index contributed by atoms with van der Waals surface area (Å²) in [5, 5.41) is 0. The minimum Gasteiger partial charge on any atom is -0.331 e. The molecule has 2 heterocycles. The molecule has 0 aliphatic carbocycles. The van der Waals surface area contributed by atoms with Gasteiger partial charge in [0.05, 0.1) is 5.56 Å². The first-order valence-corrected chi connectivity index (χ1v) is 5.09. The van der Waals surface area contributed by atoms with Crippen molar-refractivity contribution >= 4 is 15.9 Å². The number of nitrogens with zero attached hydrogens (tertiary/aromatic N) is 4. The first-order valence-electron chi connectivity index (χ1n) is 4.30. The van der Waals surface area contributed by atoms with Crippen LogP contribution in [0.1, 0.15) is 6.92 Å². The minimum atomic E-state index is 0.772. The van der Waals surface area contributed by atoms with Gasteiger partial charge in [0.2, 0.25) is 0 Å². The molecule has 0 fully saturated rings. The molecule has 2 rings (SSSR count). The zero-order chi connectivity index (χ0) is 9.97. The molecular weight excluding hydrogens is 244 g/mol. The van der Waals surface area contributed by atoms with Gasteiger partial charge >= 0.3 is 0 Å². The lowest BCUT2D eigenvalue weighted by Crippen LogP contribution is -1.97. The van der Waals surface area contributed by atoms with Crippen molar-refractivity contribution in [3.05, 3.63) is 29.5 Å². The van der Waals surface area contributed by atoms with Gasteiger partial charge < -0.3 is 4.57 Å². The molecule has 0 N–H and O–H groups in total. The Labute approximate surface area is 90.2 Å². The topological polar surface area (TPSA) is 43.6 Å². The summed E-state index contributed by atoms with van der Waals surface area (Å²) in [6, 6.07) is 0. The van der Waals surface area contributed by atoms with Crippen LogP contribution in [-0.2, 0) is 6.54 Å². The molecule has 0 bridgehead atoms. The zero-order valence-corrected chi connectivity index (χ0v) is 9.27. The molecule has 5 heteroatoms. The molecule has 0 unspecified atom stereocenters. The van der Waals surface area contributed by atoms with Crippen molar-refractivity contribution in [3.63, 3.8) is 0 Å². The monoisotopic (exact) mass is 252 g/mol. The maximum atomic E-state index is 4.27.